The highest BCUT2D eigenvalue weighted by atomic mass is 32.2. The Morgan fingerprint density at radius 1 is 1.39 bits per heavy atom. The van der Waals surface area contributed by atoms with Crippen LogP contribution in [0.1, 0.15) is 37.9 Å². The fraction of sp³-hybridized carbons (Fsp3) is 0.833. The molecule has 0 amide bonds. The molecule has 100 valence electrons. The van der Waals surface area contributed by atoms with Crippen LogP contribution in [-0.4, -0.2) is 43.7 Å². The van der Waals surface area contributed by atoms with Crippen molar-refractivity contribution in [2.24, 2.45) is 5.92 Å². The molecule has 6 heteroatoms. The molecule has 3 heterocycles. The van der Waals surface area contributed by atoms with Crippen LogP contribution in [0.4, 0.5) is 0 Å². The van der Waals surface area contributed by atoms with Crippen molar-refractivity contribution in [3.05, 3.63) is 5.69 Å². The summed E-state index contributed by atoms with van der Waals surface area (Å²) in [7, 11) is 0. The first-order valence-electron chi connectivity index (χ1n) is 6.67. The molecule has 2 aliphatic rings. The van der Waals surface area contributed by atoms with Gasteiger partial charge in [-0.1, -0.05) is 6.92 Å². The van der Waals surface area contributed by atoms with Gasteiger partial charge in [0.2, 0.25) is 0 Å². The molecule has 1 aromatic heterocycles. The van der Waals surface area contributed by atoms with Gasteiger partial charge in [0, 0.05) is 13.1 Å². The largest absolute Gasteiger partial charge is 0.391 e. The van der Waals surface area contributed by atoms with Crippen molar-refractivity contribution in [2.45, 2.75) is 43.4 Å². The van der Waals surface area contributed by atoms with Gasteiger partial charge < -0.3 is 5.11 Å². The summed E-state index contributed by atoms with van der Waals surface area (Å²) in [5.74, 6) is 1.59. The maximum Gasteiger partial charge on any atom is 0.135 e. The van der Waals surface area contributed by atoms with E-state index in [1.807, 2.05) is 11.8 Å². The van der Waals surface area contributed by atoms with E-state index in [0.29, 0.717) is 12.0 Å². The molecule has 4 atom stereocenters. The van der Waals surface area contributed by atoms with Gasteiger partial charge in [-0.25, -0.2) is 0 Å². The van der Waals surface area contributed by atoms with Gasteiger partial charge in [-0.05, 0) is 30.9 Å². The van der Waals surface area contributed by atoms with Gasteiger partial charge in [0.25, 0.3) is 0 Å². The molecule has 4 nitrogen and oxygen atoms in total. The van der Waals surface area contributed by atoms with Gasteiger partial charge in [-0.3, -0.25) is 4.90 Å². The first-order chi connectivity index (χ1) is 8.79. The summed E-state index contributed by atoms with van der Waals surface area (Å²) in [6.07, 6.45) is 3.27. The molecule has 3 rings (SSSR count). The fourth-order valence-corrected chi connectivity index (χ4v) is 4.58. The second kappa shape index (κ2) is 5.45. The van der Waals surface area contributed by atoms with Crippen LogP contribution in [0.25, 0.3) is 0 Å². The van der Waals surface area contributed by atoms with E-state index in [1.165, 1.54) is 11.7 Å². The zero-order chi connectivity index (χ0) is 12.5. The number of thioether (sulfide) groups is 1. The molecule has 2 saturated heterocycles. The van der Waals surface area contributed by atoms with Crippen molar-refractivity contribution in [3.8, 4) is 0 Å². The van der Waals surface area contributed by atoms with Crippen LogP contribution in [0.3, 0.4) is 0 Å². The second-order valence-electron chi connectivity index (χ2n) is 5.18. The number of hydrogen-bond donors (Lipinski definition) is 1. The summed E-state index contributed by atoms with van der Waals surface area (Å²) in [6.45, 7) is 4.03. The highest BCUT2D eigenvalue weighted by molar-refractivity contribution is 7.99. The standard InChI is InChI=1S/C12H19N3OS2/c1-2-5-17-12-11(13-18-14-12)9-4-3-8-6-15(9)7-10(8)16/h8-10,16H,2-7H2,1H3. The van der Waals surface area contributed by atoms with Crippen molar-refractivity contribution in [1.29, 1.82) is 0 Å². The molecule has 0 saturated carbocycles. The number of aromatic nitrogens is 2. The highest BCUT2D eigenvalue weighted by Crippen LogP contribution is 2.41. The summed E-state index contributed by atoms with van der Waals surface area (Å²) in [6, 6.07) is 0.386. The van der Waals surface area contributed by atoms with Crippen molar-refractivity contribution >= 4 is 23.5 Å². The third-order valence-corrected chi connectivity index (χ3v) is 5.77. The van der Waals surface area contributed by atoms with Gasteiger partial charge in [-0.15, -0.1) is 11.8 Å². The number of rotatable bonds is 4. The lowest BCUT2D eigenvalue weighted by atomic mass is 9.94. The molecule has 2 aliphatic heterocycles. The van der Waals surface area contributed by atoms with E-state index in [-0.39, 0.29) is 6.10 Å². The Balaban J connectivity index is 1.76. The molecule has 1 N–H and O–H groups in total. The van der Waals surface area contributed by atoms with Crippen LogP contribution < -0.4 is 0 Å². The minimum absolute atomic E-state index is 0.131. The normalized spacial score (nSPS) is 35.0. The molecular formula is C12H19N3OS2. The molecule has 2 fully saturated rings. The van der Waals surface area contributed by atoms with Gasteiger partial charge in [0.15, 0.2) is 0 Å². The minimum Gasteiger partial charge on any atom is -0.391 e. The van der Waals surface area contributed by atoms with E-state index in [1.54, 1.807) is 0 Å². The lowest BCUT2D eigenvalue weighted by Gasteiger charge is -2.30. The van der Waals surface area contributed by atoms with E-state index in [2.05, 4.69) is 20.6 Å². The summed E-state index contributed by atoms with van der Waals surface area (Å²) in [5, 5.41) is 11.1. The Kier molecular flexibility index (Phi) is 3.89. The quantitative estimate of drug-likeness (QED) is 0.859. The van der Waals surface area contributed by atoms with Crippen LogP contribution >= 0.6 is 23.5 Å². The fourth-order valence-electron chi connectivity index (χ4n) is 2.98. The molecular weight excluding hydrogens is 266 g/mol. The van der Waals surface area contributed by atoms with E-state index < -0.39 is 0 Å². The third kappa shape index (κ3) is 2.31. The van der Waals surface area contributed by atoms with E-state index in [0.717, 1.165) is 48.8 Å². The molecule has 4 unspecified atom stereocenters. The molecule has 0 aliphatic carbocycles. The monoisotopic (exact) mass is 285 g/mol. The van der Waals surface area contributed by atoms with Crippen LogP contribution in [-0.2, 0) is 0 Å². The molecule has 0 radical (unpaired) electrons. The summed E-state index contributed by atoms with van der Waals surface area (Å²) >= 11 is 3.15. The van der Waals surface area contributed by atoms with Crippen molar-refractivity contribution in [3.63, 3.8) is 0 Å². The second-order valence-corrected chi connectivity index (χ2v) is 6.79. The maximum atomic E-state index is 9.95. The van der Waals surface area contributed by atoms with Gasteiger partial charge >= 0.3 is 0 Å². The summed E-state index contributed by atoms with van der Waals surface area (Å²) in [5.41, 5.74) is 1.16. The lowest BCUT2D eigenvalue weighted by molar-refractivity contribution is 0.144. The third-order valence-electron chi connectivity index (χ3n) is 3.93. The Bertz CT molecular complexity index is 410. The molecule has 1 aromatic rings. The zero-order valence-electron chi connectivity index (χ0n) is 10.6. The topological polar surface area (TPSA) is 49.2 Å². The Morgan fingerprint density at radius 2 is 2.28 bits per heavy atom. The SMILES string of the molecule is CCCSc1nsnc1C1CCC2CN1CC2O. The summed E-state index contributed by atoms with van der Waals surface area (Å²) in [4.78, 5) is 2.39. The van der Waals surface area contributed by atoms with E-state index in [4.69, 9.17) is 0 Å². The summed E-state index contributed by atoms with van der Waals surface area (Å²) < 4.78 is 8.96. The van der Waals surface area contributed by atoms with Crippen LogP contribution in [0.2, 0.25) is 0 Å². The number of hydrogen-bond acceptors (Lipinski definition) is 6. The Hall–Kier alpha value is -0.170. The Labute approximate surface area is 116 Å². The van der Waals surface area contributed by atoms with Crippen molar-refractivity contribution < 1.29 is 5.11 Å². The van der Waals surface area contributed by atoms with Crippen molar-refractivity contribution in [2.75, 3.05) is 18.8 Å². The number of nitrogens with zero attached hydrogens (tertiary/aromatic N) is 3. The van der Waals surface area contributed by atoms with Gasteiger partial charge in [0.05, 0.1) is 23.9 Å². The van der Waals surface area contributed by atoms with Crippen LogP contribution in [0.5, 0.6) is 0 Å². The van der Waals surface area contributed by atoms with Crippen molar-refractivity contribution in [1.82, 2.24) is 13.6 Å². The smallest absolute Gasteiger partial charge is 0.135 e. The van der Waals surface area contributed by atoms with E-state index in [9.17, 15) is 5.11 Å². The van der Waals surface area contributed by atoms with Crippen LogP contribution in [0.15, 0.2) is 5.03 Å². The Morgan fingerprint density at radius 3 is 3.11 bits per heavy atom. The highest BCUT2D eigenvalue weighted by Gasteiger charge is 2.41. The molecule has 0 aromatic carbocycles. The number of aliphatic hydroxyl groups excluding tert-OH is 1. The molecule has 2 bridgehead atoms. The predicted molar refractivity (Wildman–Crippen MR) is 74.0 cm³/mol. The first-order valence-corrected chi connectivity index (χ1v) is 8.38. The first kappa shape index (κ1) is 12.8. The van der Waals surface area contributed by atoms with Gasteiger partial charge in [0.1, 0.15) is 10.7 Å². The maximum absolute atomic E-state index is 9.95. The van der Waals surface area contributed by atoms with Gasteiger partial charge in [-0.2, -0.15) is 8.75 Å². The predicted octanol–water partition coefficient (Wildman–Crippen LogP) is 2.17. The average Bonchev–Trinajstić information content (AvgIpc) is 2.94. The number of fused-ring (bicyclic) bond motifs is 2. The van der Waals surface area contributed by atoms with Crippen LogP contribution in [0, 0.1) is 5.92 Å². The molecule has 18 heavy (non-hydrogen) atoms. The zero-order valence-corrected chi connectivity index (χ0v) is 12.2. The minimum atomic E-state index is -0.131. The lowest BCUT2D eigenvalue weighted by Crippen LogP contribution is -2.31. The molecule has 0 spiro atoms. The number of piperidine rings is 1. The van der Waals surface area contributed by atoms with E-state index >= 15 is 0 Å². The average molecular weight is 285 g/mol. The number of aliphatic hydroxyl groups is 1.